The molecule has 0 fully saturated rings. The van der Waals surface area contributed by atoms with Gasteiger partial charge in [-0.2, -0.15) is 0 Å². The highest BCUT2D eigenvalue weighted by Gasteiger charge is 2.03. The lowest BCUT2D eigenvalue weighted by Gasteiger charge is -2.09. The van der Waals surface area contributed by atoms with E-state index in [0.29, 0.717) is 5.75 Å². The highest BCUT2D eigenvalue weighted by atomic mass is 35.5. The molecular weight excluding hydrogens is 198 g/mol. The molecule has 0 aliphatic heterocycles. The van der Waals surface area contributed by atoms with Gasteiger partial charge < -0.3 is 10.8 Å². The van der Waals surface area contributed by atoms with Crippen LogP contribution in [-0.2, 0) is 6.42 Å². The Balaban J connectivity index is 0.00000169. The maximum atomic E-state index is 9.44. The number of aryl methyl sites for hydroxylation is 1. The Bertz CT molecular complexity index is 289. The first-order valence-electron chi connectivity index (χ1n) is 4.67. The maximum Gasteiger partial charge on any atom is 0.118 e. The predicted molar refractivity (Wildman–Crippen MR) is 62.1 cm³/mol. The van der Waals surface area contributed by atoms with E-state index in [1.54, 1.807) is 6.07 Å². The number of phenolic OH excluding ortho intramolecular Hbond substituents is 1. The summed E-state index contributed by atoms with van der Waals surface area (Å²) in [5.41, 5.74) is 7.83. The van der Waals surface area contributed by atoms with Gasteiger partial charge in [-0.25, -0.2) is 0 Å². The molecule has 2 nitrogen and oxygen atoms in total. The largest absolute Gasteiger partial charge is 0.508 e. The van der Waals surface area contributed by atoms with Crippen LogP contribution in [0.5, 0.6) is 5.75 Å². The third kappa shape index (κ3) is 3.56. The SMILES string of the molecule is CCC(N)Cc1ccc(C)c(O)c1.Cl. The Morgan fingerprint density at radius 3 is 2.57 bits per heavy atom. The zero-order valence-corrected chi connectivity index (χ0v) is 9.47. The number of nitrogens with two attached hydrogens (primary N) is 1. The van der Waals surface area contributed by atoms with Gasteiger partial charge in [-0.05, 0) is 37.0 Å². The summed E-state index contributed by atoms with van der Waals surface area (Å²) in [4.78, 5) is 0. The number of benzene rings is 1. The summed E-state index contributed by atoms with van der Waals surface area (Å²) >= 11 is 0. The number of hydrogen-bond donors (Lipinski definition) is 2. The monoisotopic (exact) mass is 215 g/mol. The molecule has 0 amide bonds. The molecule has 80 valence electrons. The molecule has 1 aromatic carbocycles. The van der Waals surface area contributed by atoms with Crippen molar-refractivity contribution >= 4 is 12.4 Å². The minimum absolute atomic E-state index is 0. The van der Waals surface area contributed by atoms with Gasteiger partial charge in [-0.1, -0.05) is 19.1 Å². The van der Waals surface area contributed by atoms with E-state index in [0.717, 1.165) is 24.0 Å². The smallest absolute Gasteiger partial charge is 0.118 e. The number of phenols is 1. The Hall–Kier alpha value is -0.730. The molecule has 0 saturated carbocycles. The number of aromatic hydroxyl groups is 1. The Kier molecular flexibility index (Phi) is 5.58. The molecule has 0 radical (unpaired) electrons. The van der Waals surface area contributed by atoms with Crippen molar-refractivity contribution in [2.24, 2.45) is 5.73 Å². The Morgan fingerprint density at radius 1 is 1.43 bits per heavy atom. The van der Waals surface area contributed by atoms with E-state index in [2.05, 4.69) is 6.92 Å². The van der Waals surface area contributed by atoms with Crippen LogP contribution < -0.4 is 5.73 Å². The second kappa shape index (κ2) is 5.89. The molecule has 1 rings (SSSR count). The van der Waals surface area contributed by atoms with Gasteiger partial charge in [-0.3, -0.25) is 0 Å². The van der Waals surface area contributed by atoms with Crippen molar-refractivity contribution in [3.8, 4) is 5.75 Å². The highest BCUT2D eigenvalue weighted by Crippen LogP contribution is 2.18. The van der Waals surface area contributed by atoms with Crippen molar-refractivity contribution in [2.75, 3.05) is 0 Å². The van der Waals surface area contributed by atoms with Crippen LogP contribution in [0.25, 0.3) is 0 Å². The summed E-state index contributed by atoms with van der Waals surface area (Å²) in [5.74, 6) is 0.362. The van der Waals surface area contributed by atoms with Crippen molar-refractivity contribution in [2.45, 2.75) is 32.7 Å². The molecule has 0 aromatic heterocycles. The molecular formula is C11H18ClNO. The van der Waals surface area contributed by atoms with Crippen LogP contribution in [-0.4, -0.2) is 11.1 Å². The second-order valence-corrected chi connectivity index (χ2v) is 3.49. The van der Waals surface area contributed by atoms with Gasteiger partial charge in [0.1, 0.15) is 5.75 Å². The average Bonchev–Trinajstić information content (AvgIpc) is 2.11. The summed E-state index contributed by atoms with van der Waals surface area (Å²) in [6.45, 7) is 3.96. The highest BCUT2D eigenvalue weighted by molar-refractivity contribution is 5.85. The van der Waals surface area contributed by atoms with Gasteiger partial charge in [0.2, 0.25) is 0 Å². The van der Waals surface area contributed by atoms with Gasteiger partial charge in [0.25, 0.3) is 0 Å². The van der Waals surface area contributed by atoms with Gasteiger partial charge in [-0.15, -0.1) is 12.4 Å². The molecule has 1 atom stereocenters. The standard InChI is InChI=1S/C11H17NO.ClH/c1-3-10(12)6-9-5-4-8(2)11(13)7-9;/h4-5,7,10,13H,3,6,12H2,1-2H3;1H. The lowest BCUT2D eigenvalue weighted by atomic mass is 10.0. The number of halogens is 1. The third-order valence-electron chi connectivity index (χ3n) is 2.30. The molecule has 0 aliphatic carbocycles. The molecule has 0 aliphatic rings. The molecule has 0 heterocycles. The summed E-state index contributed by atoms with van der Waals surface area (Å²) in [6.07, 6.45) is 1.80. The lowest BCUT2D eigenvalue weighted by molar-refractivity contribution is 0.470. The van der Waals surface area contributed by atoms with E-state index >= 15 is 0 Å². The average molecular weight is 216 g/mol. The summed E-state index contributed by atoms with van der Waals surface area (Å²) in [6, 6.07) is 5.93. The Labute approximate surface area is 91.5 Å². The molecule has 14 heavy (non-hydrogen) atoms. The maximum absolute atomic E-state index is 9.44. The number of rotatable bonds is 3. The molecule has 3 heteroatoms. The first-order valence-corrected chi connectivity index (χ1v) is 4.67. The van der Waals surface area contributed by atoms with Crippen LogP contribution in [0.1, 0.15) is 24.5 Å². The van der Waals surface area contributed by atoms with E-state index in [1.165, 1.54) is 0 Å². The fraction of sp³-hybridized carbons (Fsp3) is 0.455. The second-order valence-electron chi connectivity index (χ2n) is 3.49. The lowest BCUT2D eigenvalue weighted by Crippen LogP contribution is -2.21. The van der Waals surface area contributed by atoms with E-state index in [-0.39, 0.29) is 18.4 Å². The van der Waals surface area contributed by atoms with Crippen molar-refractivity contribution in [3.05, 3.63) is 29.3 Å². The number of hydrogen-bond acceptors (Lipinski definition) is 2. The quantitative estimate of drug-likeness (QED) is 0.814. The molecule has 3 N–H and O–H groups in total. The van der Waals surface area contributed by atoms with E-state index < -0.39 is 0 Å². The van der Waals surface area contributed by atoms with Gasteiger partial charge >= 0.3 is 0 Å². The first kappa shape index (κ1) is 13.3. The summed E-state index contributed by atoms with van der Waals surface area (Å²) in [5, 5.41) is 9.44. The first-order chi connectivity index (χ1) is 6.13. The van der Waals surface area contributed by atoms with Crippen LogP contribution >= 0.6 is 12.4 Å². The molecule has 1 unspecified atom stereocenters. The minimum Gasteiger partial charge on any atom is -0.508 e. The van der Waals surface area contributed by atoms with E-state index in [1.807, 2.05) is 19.1 Å². The third-order valence-corrected chi connectivity index (χ3v) is 2.30. The van der Waals surface area contributed by atoms with Crippen LogP contribution in [0.15, 0.2) is 18.2 Å². The zero-order valence-electron chi connectivity index (χ0n) is 8.66. The predicted octanol–water partition coefficient (Wildman–Crippen LogP) is 2.40. The normalized spacial score (nSPS) is 11.9. The van der Waals surface area contributed by atoms with Crippen LogP contribution in [0, 0.1) is 6.92 Å². The fourth-order valence-electron chi connectivity index (χ4n) is 1.23. The van der Waals surface area contributed by atoms with Gasteiger partial charge in [0, 0.05) is 6.04 Å². The van der Waals surface area contributed by atoms with E-state index in [4.69, 9.17) is 5.73 Å². The van der Waals surface area contributed by atoms with Crippen LogP contribution in [0.2, 0.25) is 0 Å². The summed E-state index contributed by atoms with van der Waals surface area (Å²) in [7, 11) is 0. The zero-order chi connectivity index (χ0) is 9.84. The summed E-state index contributed by atoms with van der Waals surface area (Å²) < 4.78 is 0. The minimum atomic E-state index is 0. The molecule has 1 aromatic rings. The van der Waals surface area contributed by atoms with Gasteiger partial charge in [0.15, 0.2) is 0 Å². The van der Waals surface area contributed by atoms with Crippen molar-refractivity contribution in [1.29, 1.82) is 0 Å². The van der Waals surface area contributed by atoms with Crippen molar-refractivity contribution in [3.63, 3.8) is 0 Å². The topological polar surface area (TPSA) is 46.2 Å². The Morgan fingerprint density at radius 2 is 2.07 bits per heavy atom. The van der Waals surface area contributed by atoms with Gasteiger partial charge in [0.05, 0.1) is 0 Å². The molecule has 0 spiro atoms. The molecule has 0 bridgehead atoms. The van der Waals surface area contributed by atoms with Crippen molar-refractivity contribution in [1.82, 2.24) is 0 Å². The van der Waals surface area contributed by atoms with Crippen LogP contribution in [0.3, 0.4) is 0 Å². The van der Waals surface area contributed by atoms with Crippen molar-refractivity contribution < 1.29 is 5.11 Å². The molecule has 0 saturated heterocycles. The van der Waals surface area contributed by atoms with E-state index in [9.17, 15) is 5.11 Å². The van der Waals surface area contributed by atoms with Crippen LogP contribution in [0.4, 0.5) is 0 Å². The fourth-order valence-corrected chi connectivity index (χ4v) is 1.23.